The summed E-state index contributed by atoms with van der Waals surface area (Å²) in [6.45, 7) is 13.6. The Kier molecular flexibility index (Phi) is 9.56. The van der Waals surface area contributed by atoms with Crippen LogP contribution in [0.15, 0.2) is 182 Å². The van der Waals surface area contributed by atoms with Gasteiger partial charge in [0.2, 0.25) is 0 Å². The fourth-order valence-electron chi connectivity index (χ4n) is 9.44. The quantitative estimate of drug-likeness (QED) is 0.167. The molecule has 8 aromatic carbocycles. The minimum absolute atomic E-state index is 0.0220. The van der Waals surface area contributed by atoms with Gasteiger partial charge in [-0.1, -0.05) is 163 Å². The van der Waals surface area contributed by atoms with E-state index in [1.54, 1.807) is 0 Å². The van der Waals surface area contributed by atoms with Crippen LogP contribution in [-0.4, -0.2) is 24.1 Å². The van der Waals surface area contributed by atoms with Crippen LogP contribution in [0.5, 0.6) is 0 Å². The lowest BCUT2D eigenvalue weighted by Gasteiger charge is -2.21. The molecule has 0 aliphatic carbocycles. The van der Waals surface area contributed by atoms with E-state index in [0.29, 0.717) is 23.0 Å². The molecule has 66 heavy (non-hydrogen) atoms. The largest absolute Gasteiger partial charge is 0.309 e. The highest BCUT2D eigenvalue weighted by Crippen LogP contribution is 2.44. The summed E-state index contributed by atoms with van der Waals surface area (Å²) in [7, 11) is 0. The normalized spacial score (nSPS) is 12.1. The summed E-state index contributed by atoms with van der Waals surface area (Å²) in [6, 6.07) is 66.4. The zero-order chi connectivity index (χ0) is 45.3. The van der Waals surface area contributed by atoms with Gasteiger partial charge in [0.25, 0.3) is 0 Å². The van der Waals surface area contributed by atoms with Crippen molar-refractivity contribution in [1.29, 1.82) is 5.26 Å². The molecule has 0 atom stereocenters. The van der Waals surface area contributed by atoms with Crippen LogP contribution in [0.3, 0.4) is 0 Å². The standard InChI is InChI=1S/C60H48N6/c1-59(2,3)42-27-31-53-48(35-42)44-21-13-15-23-50(44)65(53)52-30-25-38(37-61)33-47(52)46-29-26-41(58-63-56(39-17-9-7-10-18-39)62-57(64-58)40-19-11-8-12-20-40)34-55(46)66-51-24-16-14-22-45(51)49-36-43(60(4,5)6)28-32-54(49)66/h7-36H,1-6H3. The Morgan fingerprint density at radius 1 is 0.379 bits per heavy atom. The molecule has 318 valence electrons. The number of aromatic nitrogens is 5. The van der Waals surface area contributed by atoms with Crippen molar-refractivity contribution in [1.82, 2.24) is 24.1 Å². The van der Waals surface area contributed by atoms with Crippen LogP contribution in [0.4, 0.5) is 0 Å². The van der Waals surface area contributed by atoms with Crippen LogP contribution in [0.1, 0.15) is 58.2 Å². The van der Waals surface area contributed by atoms with Gasteiger partial charge in [0, 0.05) is 49.4 Å². The van der Waals surface area contributed by atoms with Crippen molar-refractivity contribution in [3.05, 3.63) is 199 Å². The topological polar surface area (TPSA) is 72.3 Å². The van der Waals surface area contributed by atoms with Gasteiger partial charge in [-0.25, -0.2) is 15.0 Å². The first kappa shape index (κ1) is 40.6. The Hall–Kier alpha value is -8.14. The molecule has 3 aromatic heterocycles. The summed E-state index contributed by atoms with van der Waals surface area (Å²) >= 11 is 0. The number of nitriles is 1. The van der Waals surface area contributed by atoms with E-state index >= 15 is 0 Å². The van der Waals surface area contributed by atoms with Gasteiger partial charge >= 0.3 is 0 Å². The van der Waals surface area contributed by atoms with E-state index in [-0.39, 0.29) is 10.8 Å². The molecule has 0 fully saturated rings. The average Bonchev–Trinajstić information content (AvgIpc) is 3.85. The molecule has 3 heterocycles. The molecular weight excluding hydrogens is 805 g/mol. The maximum Gasteiger partial charge on any atom is 0.164 e. The molecule has 0 bridgehead atoms. The predicted octanol–water partition coefficient (Wildman–Crippen LogP) is 15.2. The first-order valence-electron chi connectivity index (χ1n) is 22.6. The first-order valence-corrected chi connectivity index (χ1v) is 22.6. The summed E-state index contributed by atoms with van der Waals surface area (Å²) in [4.78, 5) is 15.4. The van der Waals surface area contributed by atoms with E-state index < -0.39 is 0 Å². The lowest BCUT2D eigenvalue weighted by atomic mass is 9.86. The maximum absolute atomic E-state index is 10.6. The fraction of sp³-hybridized carbons (Fsp3) is 0.133. The Morgan fingerprint density at radius 3 is 1.33 bits per heavy atom. The number of nitrogens with zero attached hydrogens (tertiary/aromatic N) is 6. The molecule has 0 aliphatic rings. The summed E-state index contributed by atoms with van der Waals surface area (Å²) in [5, 5.41) is 15.3. The van der Waals surface area contributed by atoms with E-state index in [1.165, 1.54) is 27.3 Å². The molecule has 0 radical (unpaired) electrons. The highest BCUT2D eigenvalue weighted by atomic mass is 15.0. The molecule has 11 rings (SSSR count). The number of benzene rings is 8. The van der Waals surface area contributed by atoms with Gasteiger partial charge in [-0.2, -0.15) is 5.26 Å². The molecule has 0 saturated carbocycles. The van der Waals surface area contributed by atoms with Crippen LogP contribution in [0, 0.1) is 11.3 Å². The zero-order valence-corrected chi connectivity index (χ0v) is 38.0. The molecule has 0 unspecified atom stereocenters. The van der Waals surface area contributed by atoms with Gasteiger partial charge in [-0.15, -0.1) is 0 Å². The molecule has 0 aliphatic heterocycles. The third kappa shape index (κ3) is 6.92. The third-order valence-electron chi connectivity index (χ3n) is 12.9. The van der Waals surface area contributed by atoms with Gasteiger partial charge in [-0.05, 0) is 82.6 Å². The van der Waals surface area contributed by atoms with Crippen molar-refractivity contribution in [3.8, 4) is 62.7 Å². The summed E-state index contributed by atoms with van der Waals surface area (Å²) in [5.41, 5.74) is 13.9. The molecule has 0 saturated heterocycles. The van der Waals surface area contributed by atoms with Gasteiger partial charge in [0.15, 0.2) is 17.5 Å². The van der Waals surface area contributed by atoms with E-state index in [4.69, 9.17) is 15.0 Å². The van der Waals surface area contributed by atoms with Crippen molar-refractivity contribution >= 4 is 43.6 Å². The van der Waals surface area contributed by atoms with Gasteiger partial charge in [-0.3, -0.25) is 0 Å². The summed E-state index contributed by atoms with van der Waals surface area (Å²) < 4.78 is 4.76. The van der Waals surface area contributed by atoms with Crippen molar-refractivity contribution in [2.24, 2.45) is 0 Å². The van der Waals surface area contributed by atoms with Crippen LogP contribution < -0.4 is 0 Å². The summed E-state index contributed by atoms with van der Waals surface area (Å²) in [5.74, 6) is 1.76. The van der Waals surface area contributed by atoms with Gasteiger partial charge in [0.05, 0.1) is 45.1 Å². The maximum atomic E-state index is 10.6. The number of fused-ring (bicyclic) bond motifs is 6. The van der Waals surface area contributed by atoms with Crippen molar-refractivity contribution in [3.63, 3.8) is 0 Å². The third-order valence-corrected chi connectivity index (χ3v) is 12.9. The molecule has 0 amide bonds. The number of para-hydroxylation sites is 2. The smallest absolute Gasteiger partial charge is 0.164 e. The second kappa shape index (κ2) is 15.5. The van der Waals surface area contributed by atoms with Gasteiger partial charge in [0.1, 0.15) is 0 Å². The number of hydrogen-bond donors (Lipinski definition) is 0. The zero-order valence-electron chi connectivity index (χ0n) is 38.0. The molecule has 6 nitrogen and oxygen atoms in total. The average molecular weight is 853 g/mol. The Bertz CT molecular complexity index is 3670. The van der Waals surface area contributed by atoms with E-state index in [0.717, 1.165) is 66.6 Å². The highest BCUT2D eigenvalue weighted by molar-refractivity contribution is 6.12. The lowest BCUT2D eigenvalue weighted by Crippen LogP contribution is -2.10. The van der Waals surface area contributed by atoms with Crippen LogP contribution >= 0.6 is 0 Å². The second-order valence-corrected chi connectivity index (χ2v) is 19.3. The second-order valence-electron chi connectivity index (χ2n) is 19.3. The minimum atomic E-state index is -0.0450. The highest BCUT2D eigenvalue weighted by Gasteiger charge is 2.25. The Labute approximate surface area is 385 Å². The van der Waals surface area contributed by atoms with Crippen LogP contribution in [0.25, 0.3) is 100 Å². The first-order chi connectivity index (χ1) is 31.9. The predicted molar refractivity (Wildman–Crippen MR) is 272 cm³/mol. The van der Waals surface area contributed by atoms with Crippen LogP contribution in [0.2, 0.25) is 0 Å². The molecular formula is C60H48N6. The van der Waals surface area contributed by atoms with Crippen LogP contribution in [-0.2, 0) is 10.8 Å². The van der Waals surface area contributed by atoms with Crippen molar-refractivity contribution < 1.29 is 0 Å². The van der Waals surface area contributed by atoms with Crippen molar-refractivity contribution in [2.45, 2.75) is 52.4 Å². The monoisotopic (exact) mass is 852 g/mol. The molecule has 0 spiro atoms. The van der Waals surface area contributed by atoms with E-state index in [2.05, 4.69) is 166 Å². The summed E-state index contributed by atoms with van der Waals surface area (Å²) in [6.07, 6.45) is 0. The van der Waals surface area contributed by atoms with E-state index in [9.17, 15) is 5.26 Å². The molecule has 11 aromatic rings. The molecule has 0 N–H and O–H groups in total. The minimum Gasteiger partial charge on any atom is -0.309 e. The lowest BCUT2D eigenvalue weighted by molar-refractivity contribution is 0.591. The van der Waals surface area contributed by atoms with Crippen molar-refractivity contribution in [2.75, 3.05) is 0 Å². The van der Waals surface area contributed by atoms with Gasteiger partial charge < -0.3 is 9.13 Å². The number of rotatable bonds is 6. The Balaban J connectivity index is 1.24. The number of hydrogen-bond acceptors (Lipinski definition) is 4. The Morgan fingerprint density at radius 2 is 0.833 bits per heavy atom. The van der Waals surface area contributed by atoms with E-state index in [1.807, 2.05) is 72.8 Å². The fourth-order valence-corrected chi connectivity index (χ4v) is 9.44. The molecule has 6 heteroatoms. The SMILES string of the molecule is CC(C)(C)c1ccc2c(c1)c1ccccc1n2-c1ccc(C#N)cc1-c1ccc(-c2nc(-c3ccccc3)nc(-c3ccccc3)n2)cc1-n1c2ccccc2c2cc(C(C)(C)C)ccc21.